The molecule has 0 saturated carbocycles. The minimum Gasteiger partial charge on any atom is -0.225 e. The van der Waals surface area contributed by atoms with Gasteiger partial charge in [0.1, 0.15) is 10.3 Å². The molecule has 0 atom stereocenters. The summed E-state index contributed by atoms with van der Waals surface area (Å²) in [7, 11) is 0. The van der Waals surface area contributed by atoms with E-state index in [4.69, 9.17) is 11.6 Å². The Morgan fingerprint density at radius 2 is 1.60 bits per heavy atom. The second kappa shape index (κ2) is 6.62. The van der Waals surface area contributed by atoms with Crippen LogP contribution in [0.5, 0.6) is 0 Å². The first-order chi connectivity index (χ1) is 11.2. The van der Waals surface area contributed by atoms with Crippen molar-refractivity contribution in [2.45, 2.75) is 22.5 Å². The highest BCUT2D eigenvalue weighted by atomic mass is 79.9. The Hall–Kier alpha value is -1.01. The first kappa shape index (κ1) is 20.3. The molecule has 1 heterocycles. The summed E-state index contributed by atoms with van der Waals surface area (Å²) in [6, 6.07) is 3.40. The van der Waals surface area contributed by atoms with E-state index in [1.807, 2.05) is 0 Å². The highest BCUT2D eigenvalue weighted by molar-refractivity contribution is 9.10. The van der Waals surface area contributed by atoms with Crippen LogP contribution in [0.3, 0.4) is 0 Å². The van der Waals surface area contributed by atoms with E-state index in [0.29, 0.717) is 10.7 Å². The van der Waals surface area contributed by atoms with Crippen molar-refractivity contribution in [2.75, 3.05) is 0 Å². The number of aromatic nitrogens is 2. The zero-order valence-electron chi connectivity index (χ0n) is 11.4. The average molecular weight is 476 g/mol. The SMILES string of the molecule is FC(F)(F)Sc1ccc(Cl)cc1-n1nc(C(F)(F)C(F)(F)F)cc1Br. The monoisotopic (exact) mass is 474 g/mol. The van der Waals surface area contributed by atoms with E-state index >= 15 is 0 Å². The maximum atomic E-state index is 13.4. The topological polar surface area (TPSA) is 17.8 Å². The Kier molecular flexibility index (Phi) is 5.37. The van der Waals surface area contributed by atoms with Gasteiger partial charge in [-0.05, 0) is 45.9 Å². The summed E-state index contributed by atoms with van der Waals surface area (Å²) < 4.78 is 102. The van der Waals surface area contributed by atoms with Crippen LogP contribution in [0.4, 0.5) is 35.1 Å². The molecule has 138 valence electrons. The van der Waals surface area contributed by atoms with Crippen LogP contribution in [0.25, 0.3) is 5.69 Å². The fraction of sp³-hybridized carbons (Fsp3) is 0.250. The van der Waals surface area contributed by atoms with E-state index in [1.54, 1.807) is 0 Å². The number of nitrogens with zero attached hydrogens (tertiary/aromatic N) is 2. The van der Waals surface area contributed by atoms with Gasteiger partial charge >= 0.3 is 17.6 Å². The second-order valence-electron chi connectivity index (χ2n) is 4.50. The number of thioether (sulfide) groups is 1. The van der Waals surface area contributed by atoms with Gasteiger partial charge in [0.15, 0.2) is 0 Å². The number of halogens is 10. The van der Waals surface area contributed by atoms with Crippen LogP contribution in [0.1, 0.15) is 5.69 Å². The Morgan fingerprint density at radius 3 is 2.12 bits per heavy atom. The van der Waals surface area contributed by atoms with Gasteiger partial charge in [0, 0.05) is 16.0 Å². The predicted molar refractivity (Wildman–Crippen MR) is 78.1 cm³/mol. The van der Waals surface area contributed by atoms with Crippen LogP contribution in [-0.2, 0) is 5.92 Å². The third kappa shape index (κ3) is 4.40. The lowest BCUT2D eigenvalue weighted by atomic mass is 10.2. The molecular formula is C12H4BrClF8N2S. The van der Waals surface area contributed by atoms with Crippen LogP contribution in [0.15, 0.2) is 33.8 Å². The molecule has 0 unspecified atom stereocenters. The zero-order valence-corrected chi connectivity index (χ0v) is 14.6. The fourth-order valence-electron chi connectivity index (χ4n) is 1.69. The van der Waals surface area contributed by atoms with E-state index < -0.39 is 50.2 Å². The molecule has 0 spiro atoms. The molecule has 13 heteroatoms. The summed E-state index contributed by atoms with van der Waals surface area (Å²) in [5.41, 5.74) is -6.80. The van der Waals surface area contributed by atoms with Gasteiger partial charge in [0.25, 0.3) is 0 Å². The molecule has 25 heavy (non-hydrogen) atoms. The molecule has 0 N–H and O–H groups in total. The molecule has 0 amide bonds. The molecule has 2 rings (SSSR count). The van der Waals surface area contributed by atoms with E-state index in [9.17, 15) is 35.1 Å². The highest BCUT2D eigenvalue weighted by Gasteiger charge is 2.60. The summed E-state index contributed by atoms with van der Waals surface area (Å²) in [5.74, 6) is -5.28. The third-order valence-corrected chi connectivity index (χ3v) is 4.31. The smallest absolute Gasteiger partial charge is 0.225 e. The third-order valence-electron chi connectivity index (χ3n) is 2.72. The molecule has 2 nitrogen and oxygen atoms in total. The summed E-state index contributed by atoms with van der Waals surface area (Å²) >= 11 is 7.81. The maximum Gasteiger partial charge on any atom is 0.459 e. The van der Waals surface area contributed by atoms with E-state index in [1.165, 1.54) is 0 Å². The van der Waals surface area contributed by atoms with E-state index in [-0.39, 0.29) is 5.02 Å². The van der Waals surface area contributed by atoms with Crippen molar-refractivity contribution in [1.82, 2.24) is 9.78 Å². The summed E-state index contributed by atoms with van der Waals surface area (Å²) in [4.78, 5) is -0.484. The molecule has 1 aromatic carbocycles. The maximum absolute atomic E-state index is 13.4. The second-order valence-corrected chi connectivity index (χ2v) is 6.85. The molecule has 2 aromatic rings. The lowest BCUT2D eigenvalue weighted by Crippen LogP contribution is -2.34. The van der Waals surface area contributed by atoms with Gasteiger partial charge in [-0.1, -0.05) is 11.6 Å². The van der Waals surface area contributed by atoms with Crippen molar-refractivity contribution in [1.29, 1.82) is 0 Å². The molecule has 0 aliphatic carbocycles. The molecular weight excluding hydrogens is 472 g/mol. The predicted octanol–water partition coefficient (Wildman–Crippen LogP) is 6.55. The molecule has 1 aromatic heterocycles. The van der Waals surface area contributed by atoms with Gasteiger partial charge in [-0.2, -0.15) is 40.2 Å². The average Bonchev–Trinajstić information content (AvgIpc) is 2.80. The molecule has 0 bridgehead atoms. The molecule has 0 aliphatic rings. The van der Waals surface area contributed by atoms with Gasteiger partial charge in [0.2, 0.25) is 0 Å². The Morgan fingerprint density at radius 1 is 1.00 bits per heavy atom. The van der Waals surface area contributed by atoms with Gasteiger partial charge in [0.05, 0.1) is 5.69 Å². The highest BCUT2D eigenvalue weighted by Crippen LogP contribution is 2.45. The Bertz CT molecular complexity index is 786. The number of hydrogen-bond acceptors (Lipinski definition) is 2. The van der Waals surface area contributed by atoms with Gasteiger partial charge < -0.3 is 0 Å². The zero-order chi connectivity index (χ0) is 19.2. The van der Waals surface area contributed by atoms with Crippen molar-refractivity contribution in [2.24, 2.45) is 0 Å². The van der Waals surface area contributed by atoms with Crippen LogP contribution in [0.2, 0.25) is 5.02 Å². The van der Waals surface area contributed by atoms with Crippen molar-refractivity contribution in [3.63, 3.8) is 0 Å². The Balaban J connectivity index is 2.59. The number of hydrogen-bond donors (Lipinski definition) is 0. The van der Waals surface area contributed by atoms with Crippen LogP contribution >= 0.6 is 39.3 Å². The quantitative estimate of drug-likeness (QED) is 0.370. The minimum atomic E-state index is -5.91. The molecule has 0 radical (unpaired) electrons. The Labute approximate surface area is 152 Å². The summed E-state index contributed by atoms with van der Waals surface area (Å²) in [6.07, 6.45) is -5.91. The van der Waals surface area contributed by atoms with Crippen molar-refractivity contribution in [3.05, 3.63) is 39.6 Å². The van der Waals surface area contributed by atoms with Crippen molar-refractivity contribution < 1.29 is 35.1 Å². The van der Waals surface area contributed by atoms with Gasteiger partial charge in [-0.15, -0.1) is 0 Å². The van der Waals surface area contributed by atoms with Gasteiger partial charge in [-0.25, -0.2) is 4.68 Å². The fourth-order valence-corrected chi connectivity index (χ4v) is 2.98. The number of rotatable bonds is 3. The number of benzene rings is 1. The minimum absolute atomic E-state index is 0.0620. The lowest BCUT2D eigenvalue weighted by molar-refractivity contribution is -0.291. The first-order valence-electron chi connectivity index (χ1n) is 5.98. The summed E-state index contributed by atoms with van der Waals surface area (Å²) in [6.45, 7) is 0. The lowest BCUT2D eigenvalue weighted by Gasteiger charge is -2.17. The molecule has 0 aliphatic heterocycles. The van der Waals surface area contributed by atoms with Crippen LogP contribution in [-0.4, -0.2) is 21.5 Å². The van der Waals surface area contributed by atoms with Gasteiger partial charge in [-0.3, -0.25) is 0 Å². The van der Waals surface area contributed by atoms with E-state index in [2.05, 4.69) is 21.0 Å². The van der Waals surface area contributed by atoms with E-state index in [0.717, 1.165) is 18.2 Å². The van der Waals surface area contributed by atoms with Crippen molar-refractivity contribution >= 4 is 39.3 Å². The molecule has 0 saturated heterocycles. The standard InChI is InChI=1S/C12H4BrClF8N2S/c13-9-4-8(10(15,16)11(17,18)19)23-24(9)6-3-5(14)1-2-7(6)25-12(20,21)22/h1-4H. The van der Waals surface area contributed by atoms with Crippen molar-refractivity contribution in [3.8, 4) is 5.69 Å². The largest absolute Gasteiger partial charge is 0.459 e. The first-order valence-corrected chi connectivity index (χ1v) is 7.97. The normalized spacial score (nSPS) is 13.4. The number of alkyl halides is 8. The van der Waals surface area contributed by atoms with Crippen LogP contribution < -0.4 is 0 Å². The van der Waals surface area contributed by atoms with Crippen LogP contribution in [0, 0.1) is 0 Å². The summed E-state index contributed by atoms with van der Waals surface area (Å²) in [5, 5.41) is 3.05. The molecule has 0 fully saturated rings.